The van der Waals surface area contributed by atoms with Crippen LogP contribution in [0.15, 0.2) is 0 Å². The van der Waals surface area contributed by atoms with Crippen molar-refractivity contribution in [3.05, 3.63) is 0 Å². The molecule has 19 heteroatoms. The van der Waals surface area contributed by atoms with Gasteiger partial charge in [0.15, 0.2) is 24.7 Å². The summed E-state index contributed by atoms with van der Waals surface area (Å²) >= 11 is 0. The summed E-state index contributed by atoms with van der Waals surface area (Å²) in [6.45, 7) is 13.1. The number of aliphatic hydroxyl groups excluding tert-OH is 10. The molecule has 10 fully saturated rings. The molecule has 11 N–H and O–H groups in total. The smallest absolute Gasteiger partial charge is 0.199 e. The molecule has 3 spiro atoms. The molecule has 0 aromatic carbocycles. The second-order valence-corrected chi connectivity index (χ2v) is 23.9. The van der Waals surface area contributed by atoms with E-state index in [1.807, 2.05) is 0 Å². The van der Waals surface area contributed by atoms with Crippen molar-refractivity contribution in [1.29, 1.82) is 0 Å². The molecule has 10 rings (SSSR count). The fraction of sp³-hybridized carbons (Fsp3) is 1.00. The minimum Gasteiger partial charge on any atom is -0.394 e. The van der Waals surface area contributed by atoms with Crippen molar-refractivity contribution in [1.82, 2.24) is 0 Å². The lowest BCUT2D eigenvalue weighted by molar-refractivity contribution is -0.392. The normalized spacial score (nSPS) is 59.5. The Morgan fingerprint density at radius 2 is 1.26 bits per heavy atom. The molecule has 0 amide bonds. The second kappa shape index (κ2) is 16.1. The lowest BCUT2D eigenvalue weighted by Gasteiger charge is -2.63. The average Bonchev–Trinajstić information content (AvgIpc) is 3.78. The van der Waals surface area contributed by atoms with Crippen molar-refractivity contribution < 1.29 is 94.1 Å². The van der Waals surface area contributed by atoms with Gasteiger partial charge in [0.1, 0.15) is 79.4 Å². The highest BCUT2D eigenvalue weighted by molar-refractivity contribution is 5.34. The Morgan fingerprint density at radius 1 is 0.652 bits per heavy atom. The predicted molar refractivity (Wildman–Crippen MR) is 224 cm³/mol. The van der Waals surface area contributed by atoms with Gasteiger partial charge in [-0.2, -0.15) is 0 Å². The quantitative estimate of drug-likeness (QED) is 0.121. The summed E-state index contributed by atoms with van der Waals surface area (Å²) in [5.74, 6) is -0.546. The molecular weight excluding hydrogens is 868 g/mol. The third-order valence-electron chi connectivity index (χ3n) is 20.1. The molecule has 5 saturated heterocycles. The highest BCUT2D eigenvalue weighted by atomic mass is 16.8. The molecule has 5 aliphatic heterocycles. The summed E-state index contributed by atoms with van der Waals surface area (Å²) in [6.07, 6.45) is -17.9. The molecule has 27 atom stereocenters. The van der Waals surface area contributed by atoms with Gasteiger partial charge in [0.05, 0.1) is 37.6 Å². The second-order valence-electron chi connectivity index (χ2n) is 23.9. The van der Waals surface area contributed by atoms with E-state index in [1.54, 1.807) is 13.8 Å². The largest absolute Gasteiger partial charge is 0.394 e. The highest BCUT2D eigenvalue weighted by Gasteiger charge is 2.88. The molecule has 66 heavy (non-hydrogen) atoms. The molecule has 10 aliphatic rings. The molecule has 378 valence electrons. The zero-order valence-corrected chi connectivity index (χ0v) is 39.2. The number of ether oxygens (including phenoxy) is 8. The van der Waals surface area contributed by atoms with Gasteiger partial charge in [0.2, 0.25) is 0 Å². The SMILES string of the molecule is C[C@@H]1C[C@H]2O[C@@]3(O[C@@H]2C(C)(C)O)[C@H](O)[C@@]2(C)[C@@H]4CC[C@H]5C(C)(C)[C@@H](O[C@@H]6OC[C@@H](O)[C@H](O)[C@H]6O[C@@H]6O[C@H](CO)[C@@H](O)[C@H](O)[C@H]6O[C@@H]6O[C@H](CO)[C@@H](O)[C@H](O)[C@H]6O)CC[C@@]56C[C@@]46CC[C@]2(C)[C@@H]13. The molecule has 0 unspecified atom stereocenters. The Kier molecular flexibility index (Phi) is 11.9. The summed E-state index contributed by atoms with van der Waals surface area (Å²) in [5, 5.41) is 120. The van der Waals surface area contributed by atoms with Crippen LogP contribution in [0.2, 0.25) is 0 Å². The Hall–Kier alpha value is -0.760. The van der Waals surface area contributed by atoms with Crippen LogP contribution in [-0.4, -0.2) is 198 Å². The van der Waals surface area contributed by atoms with Crippen molar-refractivity contribution in [3.63, 3.8) is 0 Å². The van der Waals surface area contributed by atoms with Crippen molar-refractivity contribution in [2.45, 2.75) is 222 Å². The van der Waals surface area contributed by atoms with Crippen LogP contribution in [0.4, 0.5) is 0 Å². The van der Waals surface area contributed by atoms with Crippen LogP contribution in [0.25, 0.3) is 0 Å². The number of hydrogen-bond acceptors (Lipinski definition) is 19. The van der Waals surface area contributed by atoms with Crippen LogP contribution in [0, 0.1) is 50.7 Å². The first-order valence-electron chi connectivity index (χ1n) is 24.5. The Balaban J connectivity index is 0.886. The molecule has 5 aliphatic carbocycles. The molecule has 19 nitrogen and oxygen atoms in total. The lowest BCUT2D eigenvalue weighted by atomic mass is 9.41. The number of fused-ring (bicyclic) bond motifs is 4. The zero-order chi connectivity index (χ0) is 47.6. The van der Waals surface area contributed by atoms with Crippen LogP contribution < -0.4 is 0 Å². The summed E-state index contributed by atoms with van der Waals surface area (Å²) in [4.78, 5) is 0. The van der Waals surface area contributed by atoms with E-state index >= 15 is 0 Å². The summed E-state index contributed by atoms with van der Waals surface area (Å²) in [6, 6.07) is 0. The van der Waals surface area contributed by atoms with Gasteiger partial charge >= 0.3 is 0 Å². The molecule has 0 radical (unpaired) electrons. The van der Waals surface area contributed by atoms with Crippen molar-refractivity contribution >= 4 is 0 Å². The summed E-state index contributed by atoms with van der Waals surface area (Å²) < 4.78 is 50.3. The van der Waals surface area contributed by atoms with Crippen LogP contribution >= 0.6 is 0 Å². The molecule has 2 bridgehead atoms. The predicted octanol–water partition coefficient (Wildman–Crippen LogP) is -1.23. The third-order valence-corrected chi connectivity index (χ3v) is 20.1. The van der Waals surface area contributed by atoms with Gasteiger partial charge in [-0.25, -0.2) is 0 Å². The number of rotatable bonds is 9. The Labute approximate surface area is 385 Å². The molecule has 0 aromatic heterocycles. The van der Waals surface area contributed by atoms with Crippen molar-refractivity contribution in [3.8, 4) is 0 Å². The molecular formula is C47H76O19. The first-order chi connectivity index (χ1) is 30.9. The summed E-state index contributed by atoms with van der Waals surface area (Å²) in [5.41, 5.74) is -2.35. The number of hydrogen-bond donors (Lipinski definition) is 11. The maximum atomic E-state index is 12.9. The summed E-state index contributed by atoms with van der Waals surface area (Å²) in [7, 11) is 0. The van der Waals surface area contributed by atoms with Gasteiger partial charge in [0, 0.05) is 11.3 Å². The van der Waals surface area contributed by atoms with E-state index in [4.69, 9.17) is 37.9 Å². The van der Waals surface area contributed by atoms with Crippen LogP contribution in [-0.2, 0) is 37.9 Å². The monoisotopic (exact) mass is 944 g/mol. The molecule has 5 saturated carbocycles. The van der Waals surface area contributed by atoms with Gasteiger partial charge in [-0.05, 0) is 105 Å². The van der Waals surface area contributed by atoms with E-state index in [0.717, 1.165) is 44.9 Å². The molecule has 5 heterocycles. The van der Waals surface area contributed by atoms with Crippen LogP contribution in [0.5, 0.6) is 0 Å². The topological polar surface area (TPSA) is 296 Å². The highest BCUT2D eigenvalue weighted by Crippen LogP contribution is 2.90. The lowest BCUT2D eigenvalue weighted by Crippen LogP contribution is -2.66. The maximum Gasteiger partial charge on any atom is 0.199 e. The van der Waals surface area contributed by atoms with Crippen LogP contribution in [0.1, 0.15) is 99.8 Å². The van der Waals surface area contributed by atoms with Crippen molar-refractivity contribution in [2.24, 2.45) is 50.7 Å². The van der Waals surface area contributed by atoms with Gasteiger partial charge in [-0.15, -0.1) is 0 Å². The minimum atomic E-state index is -1.88. The Bertz CT molecular complexity index is 1820. The van der Waals surface area contributed by atoms with E-state index in [9.17, 15) is 56.2 Å². The van der Waals surface area contributed by atoms with Gasteiger partial charge < -0.3 is 94.1 Å². The molecule has 0 aromatic rings. The van der Waals surface area contributed by atoms with Crippen LogP contribution in [0.3, 0.4) is 0 Å². The van der Waals surface area contributed by atoms with Crippen molar-refractivity contribution in [2.75, 3.05) is 19.8 Å². The minimum absolute atomic E-state index is 0.00382. The zero-order valence-electron chi connectivity index (χ0n) is 39.2. The third kappa shape index (κ3) is 6.49. The first-order valence-corrected chi connectivity index (χ1v) is 24.5. The van der Waals surface area contributed by atoms with Gasteiger partial charge in [-0.1, -0.05) is 34.6 Å². The maximum absolute atomic E-state index is 12.9. The van der Waals surface area contributed by atoms with E-state index in [2.05, 4.69) is 34.6 Å². The van der Waals surface area contributed by atoms with E-state index in [1.165, 1.54) is 0 Å². The fourth-order valence-corrected chi connectivity index (χ4v) is 16.9. The Morgan fingerprint density at radius 3 is 1.92 bits per heavy atom. The first kappa shape index (κ1) is 48.8. The van der Waals surface area contributed by atoms with E-state index in [0.29, 0.717) is 6.42 Å². The van der Waals surface area contributed by atoms with E-state index < -0.39 is 140 Å². The number of aliphatic hydroxyl groups is 11. The van der Waals surface area contributed by atoms with E-state index in [-0.39, 0.29) is 52.6 Å². The van der Waals surface area contributed by atoms with Gasteiger partial charge in [0.25, 0.3) is 0 Å². The average molecular weight is 945 g/mol. The standard InChI is InChI=1S/C47H76O19/c1-19-14-21-36(42(4,5)58)66-47(65-21)35(19)43(6)12-13-46-18-45(46)11-10-26(41(2,3)24(45)8-9-25(46)44(43,7)40(47)57)62-38-33(27(51)20(50)17-59-38)64-39-34(31(55)29(53)23(16-49)61-39)63-37-32(56)30(54)28(52)22(15-48)60-37/h19-40,48-58H,8-18H2,1-7H3/t19-,20-,21-,22-,23-,24+,25+,26+,27+,28-,29-,30+,31+,32-,33-,34-,35-,36+,37+,38+,39+,40-,43-,44-,45-,46+,47+/m1/s1. The fourth-order valence-electron chi connectivity index (χ4n) is 16.9. The van der Waals surface area contributed by atoms with Gasteiger partial charge in [-0.3, -0.25) is 0 Å².